The summed E-state index contributed by atoms with van der Waals surface area (Å²) in [6.07, 6.45) is 1.98. The maximum absolute atomic E-state index is 12.6. The molecule has 3 rings (SSSR count). The number of aromatic nitrogens is 1. The molecule has 0 atom stereocenters. The lowest BCUT2D eigenvalue weighted by molar-refractivity contribution is 0.578. The van der Waals surface area contributed by atoms with Crippen LogP contribution < -0.4 is 4.72 Å². The molecule has 0 aliphatic heterocycles. The molecule has 0 aliphatic rings. The first kappa shape index (κ1) is 19.4. The summed E-state index contributed by atoms with van der Waals surface area (Å²) in [6, 6.07) is 19.3. The van der Waals surface area contributed by atoms with Gasteiger partial charge in [-0.15, -0.1) is 0 Å². The number of nitrogens with one attached hydrogen (secondary N) is 1. The molecule has 0 amide bonds. The molecule has 27 heavy (non-hydrogen) atoms. The van der Waals surface area contributed by atoms with Gasteiger partial charge in [0, 0.05) is 18.4 Å². The van der Waals surface area contributed by atoms with Gasteiger partial charge in [0.25, 0.3) is 0 Å². The van der Waals surface area contributed by atoms with E-state index in [-0.39, 0.29) is 6.54 Å². The quantitative estimate of drug-likeness (QED) is 0.656. The highest BCUT2D eigenvalue weighted by atomic mass is 32.2. The van der Waals surface area contributed by atoms with Crippen molar-refractivity contribution >= 4 is 10.0 Å². The molecule has 1 heterocycles. The second kappa shape index (κ2) is 8.11. The molecule has 0 bridgehead atoms. The summed E-state index contributed by atoms with van der Waals surface area (Å²) >= 11 is 0. The number of benzene rings is 2. The number of nitrogens with zero attached hydrogens (tertiary/aromatic N) is 1. The van der Waals surface area contributed by atoms with Crippen molar-refractivity contribution in [2.45, 2.75) is 44.7 Å². The zero-order valence-electron chi connectivity index (χ0n) is 16.0. The van der Waals surface area contributed by atoms with Gasteiger partial charge in [0.05, 0.1) is 11.4 Å². The minimum atomic E-state index is -3.54. The van der Waals surface area contributed by atoms with Crippen LogP contribution in [0.15, 0.2) is 71.8 Å². The number of aryl methyl sites for hydroxylation is 1. The third-order valence-electron chi connectivity index (χ3n) is 4.66. The van der Waals surface area contributed by atoms with Gasteiger partial charge in [0.2, 0.25) is 10.0 Å². The van der Waals surface area contributed by atoms with Crippen molar-refractivity contribution < 1.29 is 8.42 Å². The van der Waals surface area contributed by atoms with Gasteiger partial charge in [0.1, 0.15) is 0 Å². The minimum absolute atomic E-state index is 0.257. The normalized spacial score (nSPS) is 11.9. The molecular formula is C22H26N2O2S. The van der Waals surface area contributed by atoms with E-state index in [0.29, 0.717) is 10.8 Å². The molecular weight excluding hydrogens is 356 g/mol. The first-order chi connectivity index (χ1) is 12.8. The number of sulfonamides is 1. The van der Waals surface area contributed by atoms with Gasteiger partial charge in [-0.2, -0.15) is 0 Å². The van der Waals surface area contributed by atoms with E-state index < -0.39 is 10.0 Å². The molecule has 0 saturated heterocycles. The third kappa shape index (κ3) is 4.87. The summed E-state index contributed by atoms with van der Waals surface area (Å²) < 4.78 is 30.0. The smallest absolute Gasteiger partial charge is 0.240 e. The van der Waals surface area contributed by atoms with Crippen LogP contribution in [0.4, 0.5) is 0 Å². The lowest BCUT2D eigenvalue weighted by Gasteiger charge is -2.12. The SMILES string of the molecule is Cc1cccc(Cn2cccc2CNS(=O)(=O)c2ccc(C(C)C)cc2)c1. The van der Waals surface area contributed by atoms with Crippen molar-refractivity contribution in [3.8, 4) is 0 Å². The summed E-state index contributed by atoms with van der Waals surface area (Å²) in [5.41, 5.74) is 4.46. The molecule has 0 fully saturated rings. The van der Waals surface area contributed by atoms with Crippen LogP contribution in [0, 0.1) is 6.92 Å². The van der Waals surface area contributed by atoms with E-state index in [9.17, 15) is 8.42 Å². The van der Waals surface area contributed by atoms with Gasteiger partial charge in [-0.1, -0.05) is 55.8 Å². The van der Waals surface area contributed by atoms with E-state index in [1.54, 1.807) is 12.1 Å². The number of hydrogen-bond donors (Lipinski definition) is 1. The van der Waals surface area contributed by atoms with Gasteiger partial charge in [-0.3, -0.25) is 0 Å². The third-order valence-corrected chi connectivity index (χ3v) is 6.08. The fraction of sp³-hybridized carbons (Fsp3) is 0.273. The van der Waals surface area contributed by atoms with Gasteiger partial charge >= 0.3 is 0 Å². The Morgan fingerprint density at radius 1 is 1.00 bits per heavy atom. The maximum Gasteiger partial charge on any atom is 0.240 e. The highest BCUT2D eigenvalue weighted by molar-refractivity contribution is 7.89. The Kier molecular flexibility index (Phi) is 5.82. The molecule has 0 saturated carbocycles. The molecule has 142 valence electrons. The van der Waals surface area contributed by atoms with E-state index in [4.69, 9.17) is 0 Å². The largest absolute Gasteiger partial charge is 0.346 e. The van der Waals surface area contributed by atoms with E-state index in [1.807, 2.05) is 36.5 Å². The predicted octanol–water partition coefficient (Wildman–Crippen LogP) is 4.45. The first-order valence-corrected chi connectivity index (χ1v) is 10.6. The Bertz CT molecular complexity index is 1000. The van der Waals surface area contributed by atoms with E-state index in [1.165, 1.54) is 11.1 Å². The van der Waals surface area contributed by atoms with Gasteiger partial charge in [0.15, 0.2) is 0 Å². The van der Waals surface area contributed by atoms with Gasteiger partial charge in [-0.05, 0) is 48.2 Å². The Balaban J connectivity index is 1.70. The average Bonchev–Trinajstić information content (AvgIpc) is 3.07. The Morgan fingerprint density at radius 2 is 1.74 bits per heavy atom. The van der Waals surface area contributed by atoms with E-state index >= 15 is 0 Å². The molecule has 1 aromatic heterocycles. The fourth-order valence-electron chi connectivity index (χ4n) is 3.06. The Morgan fingerprint density at radius 3 is 2.41 bits per heavy atom. The molecule has 3 aromatic rings. The second-order valence-corrected chi connectivity index (χ2v) is 8.93. The van der Waals surface area contributed by atoms with Crippen molar-refractivity contribution in [2.75, 3.05) is 0 Å². The highest BCUT2D eigenvalue weighted by Crippen LogP contribution is 2.18. The lowest BCUT2D eigenvalue weighted by Crippen LogP contribution is -2.24. The highest BCUT2D eigenvalue weighted by Gasteiger charge is 2.15. The Hall–Kier alpha value is -2.37. The summed E-state index contributed by atoms with van der Waals surface area (Å²) in [5, 5.41) is 0. The molecule has 0 aliphatic carbocycles. The van der Waals surface area contributed by atoms with Crippen molar-refractivity contribution in [2.24, 2.45) is 0 Å². The van der Waals surface area contributed by atoms with Crippen LogP contribution in [0.1, 0.15) is 42.1 Å². The molecule has 0 unspecified atom stereocenters. The average molecular weight is 383 g/mol. The minimum Gasteiger partial charge on any atom is -0.346 e. The fourth-order valence-corrected chi connectivity index (χ4v) is 4.05. The summed E-state index contributed by atoms with van der Waals surface area (Å²) in [6.45, 7) is 7.22. The number of rotatable bonds is 7. The van der Waals surface area contributed by atoms with Crippen molar-refractivity contribution in [1.29, 1.82) is 0 Å². The summed E-state index contributed by atoms with van der Waals surface area (Å²) in [5.74, 6) is 0.375. The predicted molar refractivity (Wildman–Crippen MR) is 109 cm³/mol. The van der Waals surface area contributed by atoms with Crippen LogP contribution in [0.5, 0.6) is 0 Å². The van der Waals surface area contributed by atoms with Crippen molar-refractivity contribution in [1.82, 2.24) is 9.29 Å². The topological polar surface area (TPSA) is 51.1 Å². The molecule has 1 N–H and O–H groups in total. The summed E-state index contributed by atoms with van der Waals surface area (Å²) in [4.78, 5) is 0.295. The van der Waals surface area contributed by atoms with Crippen LogP contribution in [-0.4, -0.2) is 13.0 Å². The van der Waals surface area contributed by atoms with Crippen molar-refractivity contribution in [3.63, 3.8) is 0 Å². The zero-order chi connectivity index (χ0) is 19.4. The zero-order valence-corrected chi connectivity index (χ0v) is 16.8. The van der Waals surface area contributed by atoms with Crippen LogP contribution in [0.25, 0.3) is 0 Å². The second-order valence-electron chi connectivity index (χ2n) is 7.16. The van der Waals surface area contributed by atoms with Crippen LogP contribution in [-0.2, 0) is 23.1 Å². The molecule has 0 spiro atoms. The van der Waals surface area contributed by atoms with Crippen LogP contribution in [0.3, 0.4) is 0 Å². The van der Waals surface area contributed by atoms with Gasteiger partial charge in [-0.25, -0.2) is 13.1 Å². The lowest BCUT2D eigenvalue weighted by atomic mass is 10.0. The van der Waals surface area contributed by atoms with Gasteiger partial charge < -0.3 is 4.57 Å². The molecule has 0 radical (unpaired) electrons. The maximum atomic E-state index is 12.6. The molecule has 4 nitrogen and oxygen atoms in total. The molecule has 2 aromatic carbocycles. The van der Waals surface area contributed by atoms with Crippen LogP contribution >= 0.6 is 0 Å². The number of hydrogen-bond acceptors (Lipinski definition) is 2. The summed E-state index contributed by atoms with van der Waals surface area (Å²) in [7, 11) is -3.54. The van der Waals surface area contributed by atoms with Crippen LogP contribution in [0.2, 0.25) is 0 Å². The van der Waals surface area contributed by atoms with E-state index in [2.05, 4.69) is 48.3 Å². The van der Waals surface area contributed by atoms with Crippen molar-refractivity contribution in [3.05, 3.63) is 89.2 Å². The molecule has 5 heteroatoms. The standard InChI is InChI=1S/C22H26N2O2S/c1-17(2)20-9-11-22(12-10-20)27(25,26)23-15-21-8-5-13-24(21)16-19-7-4-6-18(3)14-19/h4-14,17,23H,15-16H2,1-3H3. The Labute approximate surface area is 161 Å². The van der Waals surface area contributed by atoms with E-state index in [0.717, 1.165) is 17.8 Å². The monoisotopic (exact) mass is 382 g/mol. The first-order valence-electron chi connectivity index (χ1n) is 9.14.